The van der Waals surface area contributed by atoms with E-state index < -0.39 is 0 Å². The zero-order valence-corrected chi connectivity index (χ0v) is 11.6. The molecule has 1 unspecified atom stereocenters. The van der Waals surface area contributed by atoms with Crippen molar-refractivity contribution >= 4 is 5.82 Å². The van der Waals surface area contributed by atoms with Crippen LogP contribution in [0.3, 0.4) is 0 Å². The second-order valence-electron chi connectivity index (χ2n) is 5.10. The van der Waals surface area contributed by atoms with Gasteiger partial charge < -0.3 is 14.2 Å². The summed E-state index contributed by atoms with van der Waals surface area (Å²) in [6.07, 6.45) is 11.5. The van der Waals surface area contributed by atoms with E-state index in [4.69, 9.17) is 4.74 Å². The molecule has 1 aliphatic rings. The van der Waals surface area contributed by atoms with Crippen LogP contribution in [0, 0.1) is 5.92 Å². The summed E-state index contributed by atoms with van der Waals surface area (Å²) in [6.45, 7) is 2.99. The highest BCUT2D eigenvalue weighted by Gasteiger charge is 2.23. The van der Waals surface area contributed by atoms with Gasteiger partial charge in [-0.05, 0) is 18.8 Å². The average molecular weight is 273 g/mol. The van der Waals surface area contributed by atoms with Crippen molar-refractivity contribution in [2.45, 2.75) is 19.4 Å². The summed E-state index contributed by atoms with van der Waals surface area (Å²) in [4.78, 5) is 15.0. The molecule has 1 aliphatic heterocycles. The molecule has 0 N–H and O–H groups in total. The highest BCUT2D eigenvalue weighted by atomic mass is 16.5. The fraction of sp³-hybridized carbons (Fsp3) is 0.500. The molecule has 0 amide bonds. The molecule has 6 heteroatoms. The Hall–Kier alpha value is -2.11. The van der Waals surface area contributed by atoms with E-state index in [2.05, 4.69) is 24.4 Å². The van der Waals surface area contributed by atoms with Crippen molar-refractivity contribution in [3.05, 3.63) is 31.1 Å². The standard InChI is InChI=1S/C14H19N5O/c1-20-14-13(16-4-5-17-14)19-7-2-3-12(10-19)9-18-8-6-15-11-18/h4-6,8,11-12H,2-3,7,9-10H2,1H3. The van der Waals surface area contributed by atoms with Crippen molar-refractivity contribution in [1.29, 1.82) is 0 Å². The van der Waals surface area contributed by atoms with Crippen LogP contribution in [0.25, 0.3) is 0 Å². The Labute approximate surface area is 118 Å². The van der Waals surface area contributed by atoms with E-state index in [0.29, 0.717) is 11.8 Å². The zero-order chi connectivity index (χ0) is 13.8. The highest BCUT2D eigenvalue weighted by molar-refractivity contribution is 5.48. The molecule has 0 saturated carbocycles. The molecule has 106 valence electrons. The number of nitrogens with zero attached hydrogens (tertiary/aromatic N) is 5. The first-order valence-corrected chi connectivity index (χ1v) is 6.92. The molecule has 1 fully saturated rings. The van der Waals surface area contributed by atoms with Gasteiger partial charge in [0.25, 0.3) is 5.88 Å². The van der Waals surface area contributed by atoms with Crippen LogP contribution >= 0.6 is 0 Å². The lowest BCUT2D eigenvalue weighted by molar-refractivity contribution is 0.356. The molecule has 0 radical (unpaired) electrons. The Morgan fingerprint density at radius 3 is 3.00 bits per heavy atom. The lowest BCUT2D eigenvalue weighted by Gasteiger charge is -2.33. The van der Waals surface area contributed by atoms with Crippen LogP contribution < -0.4 is 9.64 Å². The van der Waals surface area contributed by atoms with Gasteiger partial charge in [-0.2, -0.15) is 0 Å². The van der Waals surface area contributed by atoms with Gasteiger partial charge in [-0.1, -0.05) is 0 Å². The number of ether oxygens (including phenoxy) is 1. The maximum Gasteiger partial charge on any atom is 0.257 e. The summed E-state index contributed by atoms with van der Waals surface area (Å²) in [7, 11) is 1.64. The zero-order valence-electron chi connectivity index (χ0n) is 11.6. The molecule has 1 saturated heterocycles. The van der Waals surface area contributed by atoms with E-state index in [0.717, 1.165) is 25.5 Å². The molecule has 1 atom stereocenters. The number of aromatic nitrogens is 4. The Balaban J connectivity index is 1.71. The van der Waals surface area contributed by atoms with Gasteiger partial charge in [-0.15, -0.1) is 0 Å². The van der Waals surface area contributed by atoms with E-state index in [1.807, 2.05) is 18.7 Å². The van der Waals surface area contributed by atoms with Crippen molar-refractivity contribution in [1.82, 2.24) is 19.5 Å². The molecule has 0 bridgehead atoms. The first-order chi connectivity index (χ1) is 9.86. The number of hydrogen-bond donors (Lipinski definition) is 0. The van der Waals surface area contributed by atoms with Crippen LogP contribution in [0.4, 0.5) is 5.82 Å². The fourth-order valence-electron chi connectivity index (χ4n) is 2.78. The molecular weight excluding hydrogens is 254 g/mol. The van der Waals surface area contributed by atoms with Gasteiger partial charge >= 0.3 is 0 Å². The van der Waals surface area contributed by atoms with Crippen LogP contribution in [-0.4, -0.2) is 39.7 Å². The predicted molar refractivity (Wildman–Crippen MR) is 75.7 cm³/mol. The van der Waals surface area contributed by atoms with Crippen LogP contribution in [0.5, 0.6) is 5.88 Å². The van der Waals surface area contributed by atoms with E-state index in [1.54, 1.807) is 19.5 Å². The summed E-state index contributed by atoms with van der Waals surface area (Å²) in [5, 5.41) is 0. The number of methoxy groups -OCH3 is 1. The summed E-state index contributed by atoms with van der Waals surface area (Å²) in [5.74, 6) is 2.06. The molecular formula is C14H19N5O. The van der Waals surface area contributed by atoms with Crippen LogP contribution in [-0.2, 0) is 6.54 Å². The van der Waals surface area contributed by atoms with Gasteiger partial charge in [0.1, 0.15) is 0 Å². The van der Waals surface area contributed by atoms with Gasteiger partial charge in [0.05, 0.1) is 13.4 Å². The summed E-state index contributed by atoms with van der Waals surface area (Å²) in [5.41, 5.74) is 0. The number of rotatable bonds is 4. The maximum atomic E-state index is 5.31. The van der Waals surface area contributed by atoms with Crippen molar-refractivity contribution in [3.8, 4) is 5.88 Å². The predicted octanol–water partition coefficient (Wildman–Crippen LogP) is 1.60. The van der Waals surface area contributed by atoms with E-state index in [1.165, 1.54) is 12.8 Å². The Morgan fingerprint density at radius 2 is 2.20 bits per heavy atom. The molecule has 0 aromatic carbocycles. The molecule has 6 nitrogen and oxygen atoms in total. The van der Waals surface area contributed by atoms with Crippen molar-refractivity contribution in [3.63, 3.8) is 0 Å². The number of hydrogen-bond acceptors (Lipinski definition) is 5. The third kappa shape index (κ3) is 2.74. The number of piperidine rings is 1. The van der Waals surface area contributed by atoms with Crippen LogP contribution in [0.2, 0.25) is 0 Å². The molecule has 0 spiro atoms. The molecule has 2 aromatic rings. The van der Waals surface area contributed by atoms with E-state index in [-0.39, 0.29) is 0 Å². The fourth-order valence-corrected chi connectivity index (χ4v) is 2.78. The normalized spacial score (nSPS) is 19.1. The number of anilines is 1. The SMILES string of the molecule is COc1nccnc1N1CCCC(Cn2ccnc2)C1. The minimum Gasteiger partial charge on any atom is -0.478 e. The van der Waals surface area contributed by atoms with Crippen molar-refractivity contribution in [2.75, 3.05) is 25.1 Å². The van der Waals surface area contributed by atoms with Gasteiger partial charge in [0, 0.05) is 44.4 Å². The largest absolute Gasteiger partial charge is 0.478 e. The highest BCUT2D eigenvalue weighted by Crippen LogP contribution is 2.27. The Bertz CT molecular complexity index is 542. The second kappa shape index (κ2) is 5.90. The molecule has 0 aliphatic carbocycles. The first kappa shape index (κ1) is 12.9. The van der Waals surface area contributed by atoms with E-state index in [9.17, 15) is 0 Å². The van der Waals surface area contributed by atoms with Gasteiger partial charge in [-0.3, -0.25) is 0 Å². The lowest BCUT2D eigenvalue weighted by atomic mass is 9.98. The summed E-state index contributed by atoms with van der Waals surface area (Å²) >= 11 is 0. The summed E-state index contributed by atoms with van der Waals surface area (Å²) in [6, 6.07) is 0. The molecule has 2 aromatic heterocycles. The molecule has 3 rings (SSSR count). The van der Waals surface area contributed by atoms with Crippen molar-refractivity contribution < 1.29 is 4.74 Å². The minimum atomic E-state index is 0.602. The molecule has 20 heavy (non-hydrogen) atoms. The average Bonchev–Trinajstić information content (AvgIpc) is 3.00. The third-order valence-electron chi connectivity index (χ3n) is 3.69. The third-order valence-corrected chi connectivity index (χ3v) is 3.69. The quantitative estimate of drug-likeness (QED) is 0.847. The van der Waals surface area contributed by atoms with Crippen LogP contribution in [0.1, 0.15) is 12.8 Å². The molecule has 3 heterocycles. The lowest BCUT2D eigenvalue weighted by Crippen LogP contribution is -2.37. The monoisotopic (exact) mass is 273 g/mol. The van der Waals surface area contributed by atoms with Gasteiger partial charge in [-0.25, -0.2) is 15.0 Å². The van der Waals surface area contributed by atoms with Gasteiger partial charge in [0.15, 0.2) is 5.82 Å². The van der Waals surface area contributed by atoms with Gasteiger partial charge in [0.2, 0.25) is 0 Å². The maximum absolute atomic E-state index is 5.31. The van der Waals surface area contributed by atoms with Crippen molar-refractivity contribution in [2.24, 2.45) is 5.92 Å². The first-order valence-electron chi connectivity index (χ1n) is 6.92. The number of imidazole rings is 1. The Kier molecular flexibility index (Phi) is 3.80. The Morgan fingerprint density at radius 1 is 1.30 bits per heavy atom. The smallest absolute Gasteiger partial charge is 0.257 e. The van der Waals surface area contributed by atoms with E-state index >= 15 is 0 Å². The summed E-state index contributed by atoms with van der Waals surface area (Å²) < 4.78 is 7.45. The minimum absolute atomic E-state index is 0.602. The topological polar surface area (TPSA) is 56.1 Å². The second-order valence-corrected chi connectivity index (χ2v) is 5.10. The van der Waals surface area contributed by atoms with Crippen LogP contribution in [0.15, 0.2) is 31.1 Å².